The first-order valence-corrected chi connectivity index (χ1v) is 9.08. The van der Waals surface area contributed by atoms with Crippen molar-refractivity contribution in [2.75, 3.05) is 26.2 Å². The molecule has 128 valence electrons. The van der Waals surface area contributed by atoms with Crippen molar-refractivity contribution in [3.05, 3.63) is 52.5 Å². The van der Waals surface area contributed by atoms with Gasteiger partial charge in [-0.15, -0.1) is 0 Å². The Balaban J connectivity index is 1.52. The molecule has 0 bridgehead atoms. The number of halogens is 1. The average molecular weight is 348 g/mol. The van der Waals surface area contributed by atoms with Crippen LogP contribution in [0.25, 0.3) is 0 Å². The average Bonchev–Trinajstić information content (AvgIpc) is 3.28. The lowest BCUT2D eigenvalue weighted by Gasteiger charge is -2.27. The van der Waals surface area contributed by atoms with Gasteiger partial charge in [-0.1, -0.05) is 12.1 Å². The van der Waals surface area contributed by atoms with Gasteiger partial charge >= 0.3 is 0 Å². The van der Waals surface area contributed by atoms with Crippen LogP contribution in [-0.4, -0.2) is 37.0 Å². The summed E-state index contributed by atoms with van der Waals surface area (Å²) in [4.78, 5) is 14.4. The number of carbonyl (C=O) groups is 1. The number of thiophene rings is 1. The Bertz CT molecular complexity index is 657. The summed E-state index contributed by atoms with van der Waals surface area (Å²) in [7, 11) is 0. The molecule has 1 aromatic heterocycles. The van der Waals surface area contributed by atoms with Crippen LogP contribution in [-0.2, 0) is 4.79 Å². The van der Waals surface area contributed by atoms with Crippen LogP contribution >= 0.6 is 11.3 Å². The molecule has 0 unspecified atom stereocenters. The molecule has 1 atom stereocenters. The Morgan fingerprint density at radius 2 is 2.08 bits per heavy atom. The summed E-state index contributed by atoms with van der Waals surface area (Å²) in [6.45, 7) is 2.47. The maximum absolute atomic E-state index is 13.5. The molecule has 3 rings (SSSR count). The highest BCUT2D eigenvalue weighted by atomic mass is 32.1. The smallest absolute Gasteiger partial charge is 0.258 e. The van der Waals surface area contributed by atoms with Crippen LogP contribution in [0.5, 0.6) is 5.75 Å². The molecule has 4 nitrogen and oxygen atoms in total. The maximum atomic E-state index is 13.5. The third-order valence-corrected chi connectivity index (χ3v) is 4.90. The van der Waals surface area contributed by atoms with E-state index in [2.05, 4.69) is 27.0 Å². The number of hydrogen-bond donors (Lipinski definition) is 1. The molecule has 0 saturated carbocycles. The Labute approximate surface area is 145 Å². The van der Waals surface area contributed by atoms with E-state index >= 15 is 0 Å². The minimum Gasteiger partial charge on any atom is -0.481 e. The van der Waals surface area contributed by atoms with Crippen LogP contribution in [0.15, 0.2) is 41.1 Å². The van der Waals surface area contributed by atoms with Crippen molar-refractivity contribution < 1.29 is 13.9 Å². The van der Waals surface area contributed by atoms with Gasteiger partial charge in [-0.2, -0.15) is 11.3 Å². The first kappa shape index (κ1) is 16.9. The molecular weight excluding hydrogens is 327 g/mol. The normalized spacial score (nSPS) is 16.0. The van der Waals surface area contributed by atoms with Gasteiger partial charge in [0, 0.05) is 6.54 Å². The first-order valence-electron chi connectivity index (χ1n) is 8.14. The van der Waals surface area contributed by atoms with E-state index in [1.165, 1.54) is 30.5 Å². The predicted octanol–water partition coefficient (Wildman–Crippen LogP) is 3.22. The predicted molar refractivity (Wildman–Crippen MR) is 92.8 cm³/mol. The lowest BCUT2D eigenvalue weighted by atomic mass is 10.1. The molecule has 24 heavy (non-hydrogen) atoms. The van der Waals surface area contributed by atoms with Gasteiger partial charge in [-0.05, 0) is 60.5 Å². The molecule has 1 fully saturated rings. The van der Waals surface area contributed by atoms with Gasteiger partial charge in [0.25, 0.3) is 5.91 Å². The fraction of sp³-hybridized carbons (Fsp3) is 0.389. The Hall–Kier alpha value is -1.92. The minimum absolute atomic E-state index is 0.0987. The van der Waals surface area contributed by atoms with Gasteiger partial charge in [0.1, 0.15) is 0 Å². The van der Waals surface area contributed by atoms with Gasteiger partial charge in [0.2, 0.25) is 0 Å². The number of ether oxygens (including phenoxy) is 1. The lowest BCUT2D eigenvalue weighted by Crippen LogP contribution is -2.38. The van der Waals surface area contributed by atoms with Crippen LogP contribution < -0.4 is 10.1 Å². The summed E-state index contributed by atoms with van der Waals surface area (Å²) in [5.41, 5.74) is 1.23. The number of benzene rings is 1. The molecule has 1 amide bonds. The van der Waals surface area contributed by atoms with Crippen molar-refractivity contribution in [1.29, 1.82) is 0 Å². The summed E-state index contributed by atoms with van der Waals surface area (Å²) >= 11 is 1.66. The van der Waals surface area contributed by atoms with E-state index in [4.69, 9.17) is 4.74 Å². The minimum atomic E-state index is -0.460. The van der Waals surface area contributed by atoms with Crippen LogP contribution in [0.4, 0.5) is 4.39 Å². The van der Waals surface area contributed by atoms with Crippen LogP contribution in [0, 0.1) is 5.82 Å². The van der Waals surface area contributed by atoms with Crippen LogP contribution in [0.3, 0.4) is 0 Å². The lowest BCUT2D eigenvalue weighted by molar-refractivity contribution is -0.123. The highest BCUT2D eigenvalue weighted by Gasteiger charge is 2.24. The quantitative estimate of drug-likeness (QED) is 0.835. The second kappa shape index (κ2) is 8.26. The van der Waals surface area contributed by atoms with Crippen molar-refractivity contribution in [3.8, 4) is 5.75 Å². The largest absolute Gasteiger partial charge is 0.481 e. The summed E-state index contributed by atoms with van der Waals surface area (Å²) in [5.74, 6) is -0.599. The van der Waals surface area contributed by atoms with Crippen molar-refractivity contribution in [2.45, 2.75) is 18.9 Å². The molecule has 6 heteroatoms. The molecule has 0 spiro atoms. The van der Waals surface area contributed by atoms with Gasteiger partial charge < -0.3 is 10.1 Å². The zero-order valence-electron chi connectivity index (χ0n) is 13.4. The van der Waals surface area contributed by atoms with Crippen molar-refractivity contribution >= 4 is 17.2 Å². The molecule has 0 radical (unpaired) electrons. The highest BCUT2D eigenvalue weighted by molar-refractivity contribution is 7.07. The van der Waals surface area contributed by atoms with E-state index in [-0.39, 0.29) is 24.3 Å². The SMILES string of the molecule is O=C(COc1ccccc1F)NC[C@@H](c1ccsc1)N1CCCC1. The van der Waals surface area contributed by atoms with Gasteiger partial charge in [-0.25, -0.2) is 4.39 Å². The second-order valence-electron chi connectivity index (χ2n) is 5.84. The number of amides is 1. The number of nitrogens with one attached hydrogen (secondary N) is 1. The van der Waals surface area contributed by atoms with Gasteiger partial charge in [0.15, 0.2) is 18.2 Å². The molecule has 2 aromatic rings. The van der Waals surface area contributed by atoms with E-state index < -0.39 is 5.82 Å². The monoisotopic (exact) mass is 348 g/mol. The fourth-order valence-corrected chi connectivity index (χ4v) is 3.65. The highest BCUT2D eigenvalue weighted by Crippen LogP contribution is 2.26. The summed E-state index contributed by atoms with van der Waals surface area (Å²) < 4.78 is 18.7. The number of nitrogens with zero attached hydrogens (tertiary/aromatic N) is 1. The molecule has 1 aliphatic heterocycles. The Morgan fingerprint density at radius 1 is 1.29 bits per heavy atom. The van der Waals surface area contributed by atoms with Crippen molar-refractivity contribution in [2.24, 2.45) is 0 Å². The van der Waals surface area contributed by atoms with Gasteiger partial charge in [-0.3, -0.25) is 9.69 Å². The maximum Gasteiger partial charge on any atom is 0.258 e. The number of hydrogen-bond acceptors (Lipinski definition) is 4. The molecule has 1 aromatic carbocycles. The Kier molecular flexibility index (Phi) is 5.82. The van der Waals surface area contributed by atoms with Crippen LogP contribution in [0.2, 0.25) is 0 Å². The van der Waals surface area contributed by atoms with Crippen molar-refractivity contribution in [1.82, 2.24) is 10.2 Å². The molecule has 1 N–H and O–H groups in total. The third kappa shape index (κ3) is 4.33. The second-order valence-corrected chi connectivity index (χ2v) is 6.62. The number of rotatable bonds is 7. The Morgan fingerprint density at radius 3 is 2.79 bits per heavy atom. The fourth-order valence-electron chi connectivity index (χ4n) is 2.94. The van der Waals surface area contributed by atoms with E-state index in [9.17, 15) is 9.18 Å². The van der Waals surface area contributed by atoms with Crippen molar-refractivity contribution in [3.63, 3.8) is 0 Å². The molecule has 2 heterocycles. The molecule has 0 aliphatic carbocycles. The zero-order chi connectivity index (χ0) is 16.8. The summed E-state index contributed by atoms with van der Waals surface area (Å²) in [5, 5.41) is 7.10. The molecule has 1 aliphatic rings. The number of para-hydroxylation sites is 1. The van der Waals surface area contributed by atoms with E-state index in [1.54, 1.807) is 23.5 Å². The van der Waals surface area contributed by atoms with E-state index in [0.29, 0.717) is 6.54 Å². The molecule has 1 saturated heterocycles. The zero-order valence-corrected chi connectivity index (χ0v) is 14.2. The topological polar surface area (TPSA) is 41.6 Å². The summed E-state index contributed by atoms with van der Waals surface area (Å²) in [6.07, 6.45) is 2.40. The standard InChI is InChI=1S/C18H21FN2O2S/c19-15-5-1-2-6-17(15)23-12-18(22)20-11-16(14-7-10-24-13-14)21-8-3-4-9-21/h1-2,5-7,10,13,16H,3-4,8-9,11-12H2,(H,20,22)/t16-/m0/s1. The van der Waals surface area contributed by atoms with E-state index in [0.717, 1.165) is 13.1 Å². The van der Waals surface area contributed by atoms with Gasteiger partial charge in [0.05, 0.1) is 6.04 Å². The third-order valence-electron chi connectivity index (χ3n) is 4.20. The molecular formula is C18H21FN2O2S. The van der Waals surface area contributed by atoms with Crippen LogP contribution in [0.1, 0.15) is 24.4 Å². The number of likely N-dealkylation sites (tertiary alicyclic amines) is 1. The van der Waals surface area contributed by atoms with E-state index in [1.807, 2.05) is 0 Å². The summed E-state index contributed by atoms with van der Waals surface area (Å²) in [6, 6.07) is 8.39. The first-order chi connectivity index (χ1) is 11.7. The number of carbonyl (C=O) groups excluding carboxylic acids is 1.